The second kappa shape index (κ2) is 12.2. The fourth-order valence-corrected chi connectivity index (χ4v) is 7.62. The van der Waals surface area contributed by atoms with Crippen LogP contribution in [0.15, 0.2) is 170 Å². The smallest absolute Gasteiger partial charge is 0.164 e. The molecule has 3 heterocycles. The molecular weight excluding hydrogens is 635 g/mol. The maximum absolute atomic E-state index is 5.04. The monoisotopic (exact) mass is 667 g/mol. The summed E-state index contributed by atoms with van der Waals surface area (Å²) in [7, 11) is 0. The van der Waals surface area contributed by atoms with Crippen molar-refractivity contribution in [1.29, 1.82) is 0 Å². The number of hydrogen-bond acceptors (Lipinski definition) is 3. The maximum atomic E-state index is 5.04. The summed E-state index contributed by atoms with van der Waals surface area (Å²) < 4.78 is 4.80. The molecule has 0 bridgehead atoms. The third-order valence-electron chi connectivity index (χ3n) is 10.1. The molecule has 5 nitrogen and oxygen atoms in total. The van der Waals surface area contributed by atoms with Crippen LogP contribution >= 0.6 is 0 Å². The summed E-state index contributed by atoms with van der Waals surface area (Å²) >= 11 is 0. The van der Waals surface area contributed by atoms with Gasteiger partial charge >= 0.3 is 0 Å². The number of benzene rings is 7. The van der Waals surface area contributed by atoms with Crippen LogP contribution in [-0.2, 0) is 6.42 Å². The van der Waals surface area contributed by atoms with Gasteiger partial charge in [0.1, 0.15) is 0 Å². The summed E-state index contributed by atoms with van der Waals surface area (Å²) in [6.45, 7) is 2.21. The van der Waals surface area contributed by atoms with Crippen molar-refractivity contribution in [2.24, 2.45) is 0 Å². The van der Waals surface area contributed by atoms with Crippen molar-refractivity contribution < 1.29 is 0 Å². The Morgan fingerprint density at radius 1 is 0.365 bits per heavy atom. The van der Waals surface area contributed by atoms with Crippen molar-refractivity contribution in [2.75, 3.05) is 0 Å². The van der Waals surface area contributed by atoms with Gasteiger partial charge < -0.3 is 9.13 Å². The minimum Gasteiger partial charge on any atom is -0.309 e. The SMILES string of the molecule is CCc1cccc(-n2c3ccccc3c3cc4c5ccccc5n(-c5cccc(-c6nc(-c7ccccc7)nc(-c7ccccc7)n6)c5)c4cc32)c1. The summed E-state index contributed by atoms with van der Waals surface area (Å²) in [5.41, 5.74) is 11.0. The third-order valence-corrected chi connectivity index (χ3v) is 10.1. The lowest BCUT2D eigenvalue weighted by Crippen LogP contribution is -2.01. The molecule has 0 spiro atoms. The largest absolute Gasteiger partial charge is 0.309 e. The lowest BCUT2D eigenvalue weighted by molar-refractivity contribution is 1.07. The van der Waals surface area contributed by atoms with Crippen molar-refractivity contribution >= 4 is 43.6 Å². The Labute approximate surface area is 301 Å². The van der Waals surface area contributed by atoms with Crippen LogP contribution in [0.3, 0.4) is 0 Å². The van der Waals surface area contributed by atoms with E-state index in [1.807, 2.05) is 60.7 Å². The van der Waals surface area contributed by atoms with Crippen LogP contribution in [0.1, 0.15) is 12.5 Å². The first-order valence-corrected chi connectivity index (χ1v) is 17.8. The molecule has 0 amide bonds. The normalized spacial score (nSPS) is 11.6. The highest BCUT2D eigenvalue weighted by molar-refractivity contribution is 6.19. The number of rotatable bonds is 6. The van der Waals surface area contributed by atoms with E-state index in [0.29, 0.717) is 17.5 Å². The van der Waals surface area contributed by atoms with E-state index < -0.39 is 0 Å². The predicted octanol–water partition coefficient (Wildman–Crippen LogP) is 11.6. The third kappa shape index (κ3) is 4.89. The Balaban J connectivity index is 1.22. The zero-order chi connectivity index (χ0) is 34.6. The lowest BCUT2D eigenvalue weighted by Gasteiger charge is -2.12. The molecule has 0 atom stereocenters. The molecule has 0 aliphatic rings. The van der Waals surface area contributed by atoms with Gasteiger partial charge in [-0.2, -0.15) is 0 Å². The molecule has 3 aromatic heterocycles. The van der Waals surface area contributed by atoms with E-state index in [2.05, 4.69) is 125 Å². The highest BCUT2D eigenvalue weighted by Gasteiger charge is 2.19. The molecule has 0 saturated carbocycles. The van der Waals surface area contributed by atoms with Gasteiger partial charge in [0, 0.05) is 49.6 Å². The average molecular weight is 668 g/mol. The fraction of sp³-hybridized carbons (Fsp3) is 0.0426. The summed E-state index contributed by atoms with van der Waals surface area (Å²) in [4.78, 5) is 15.0. The molecule has 0 unspecified atom stereocenters. The maximum Gasteiger partial charge on any atom is 0.164 e. The number of aryl methyl sites for hydroxylation is 1. The molecule has 7 aromatic carbocycles. The van der Waals surface area contributed by atoms with Crippen molar-refractivity contribution in [3.05, 3.63) is 175 Å². The average Bonchev–Trinajstić information content (AvgIpc) is 3.72. The number of fused-ring (bicyclic) bond motifs is 6. The first kappa shape index (κ1) is 30.0. The second-order valence-electron chi connectivity index (χ2n) is 13.2. The molecule has 0 N–H and O–H groups in total. The Kier molecular flexibility index (Phi) is 7.03. The van der Waals surface area contributed by atoms with Gasteiger partial charge in [0.05, 0.1) is 22.1 Å². The van der Waals surface area contributed by atoms with Gasteiger partial charge in [0.15, 0.2) is 17.5 Å². The van der Waals surface area contributed by atoms with E-state index in [1.54, 1.807) is 0 Å². The topological polar surface area (TPSA) is 48.5 Å². The Morgan fingerprint density at radius 2 is 0.827 bits per heavy atom. The van der Waals surface area contributed by atoms with Crippen LogP contribution in [0.2, 0.25) is 0 Å². The molecule has 52 heavy (non-hydrogen) atoms. The number of para-hydroxylation sites is 2. The van der Waals surface area contributed by atoms with Crippen LogP contribution in [-0.4, -0.2) is 24.1 Å². The molecular formula is C47H33N5. The highest BCUT2D eigenvalue weighted by Crippen LogP contribution is 2.40. The van der Waals surface area contributed by atoms with Gasteiger partial charge in [-0.25, -0.2) is 15.0 Å². The standard InChI is InChI=1S/C47H33N5/c1-2-31-15-13-21-35(27-31)51-41-25-11-9-23-37(41)39-29-40-38-24-10-12-26-42(38)52(44(40)30-43(39)51)36-22-14-20-34(28-36)47-49-45(32-16-5-3-6-17-32)48-46(50-47)33-18-7-4-8-19-33/h3-30H,2H2,1H3. The fourth-order valence-electron chi connectivity index (χ4n) is 7.62. The van der Waals surface area contributed by atoms with E-state index >= 15 is 0 Å². The van der Waals surface area contributed by atoms with Gasteiger partial charge in [-0.05, 0) is 60.5 Å². The molecule has 0 radical (unpaired) electrons. The van der Waals surface area contributed by atoms with E-state index in [4.69, 9.17) is 15.0 Å². The van der Waals surface area contributed by atoms with Crippen LogP contribution in [0.25, 0.3) is 89.2 Å². The van der Waals surface area contributed by atoms with E-state index in [1.165, 1.54) is 43.8 Å². The molecule has 5 heteroatoms. The molecule has 246 valence electrons. The predicted molar refractivity (Wildman–Crippen MR) is 214 cm³/mol. The van der Waals surface area contributed by atoms with E-state index in [9.17, 15) is 0 Å². The minimum absolute atomic E-state index is 0.633. The molecule has 10 aromatic rings. The number of aromatic nitrogens is 5. The number of nitrogens with zero attached hydrogens (tertiary/aromatic N) is 5. The summed E-state index contributed by atoms with van der Waals surface area (Å²) in [5.74, 6) is 1.93. The first-order chi connectivity index (χ1) is 25.7. The number of hydrogen-bond donors (Lipinski definition) is 0. The Hall–Kier alpha value is -6.85. The van der Waals surface area contributed by atoms with Gasteiger partial charge in [0.2, 0.25) is 0 Å². The zero-order valence-electron chi connectivity index (χ0n) is 28.6. The highest BCUT2D eigenvalue weighted by atomic mass is 15.0. The molecule has 10 rings (SSSR count). The van der Waals surface area contributed by atoms with Crippen LogP contribution in [0.4, 0.5) is 0 Å². The summed E-state index contributed by atoms with van der Waals surface area (Å²) in [6, 6.07) is 60.0. The Morgan fingerprint density at radius 3 is 1.38 bits per heavy atom. The van der Waals surface area contributed by atoms with Crippen LogP contribution in [0.5, 0.6) is 0 Å². The summed E-state index contributed by atoms with van der Waals surface area (Å²) in [6.07, 6.45) is 0.987. The van der Waals surface area contributed by atoms with Gasteiger partial charge in [0.25, 0.3) is 0 Å². The van der Waals surface area contributed by atoms with Crippen molar-refractivity contribution in [3.63, 3.8) is 0 Å². The molecule has 0 fully saturated rings. The first-order valence-electron chi connectivity index (χ1n) is 17.8. The zero-order valence-corrected chi connectivity index (χ0v) is 28.6. The second-order valence-corrected chi connectivity index (χ2v) is 13.2. The Bertz CT molecular complexity index is 2880. The van der Waals surface area contributed by atoms with Crippen LogP contribution in [0, 0.1) is 0 Å². The molecule has 0 aliphatic carbocycles. The van der Waals surface area contributed by atoms with E-state index in [0.717, 1.165) is 39.8 Å². The van der Waals surface area contributed by atoms with Gasteiger partial charge in [-0.1, -0.05) is 128 Å². The minimum atomic E-state index is 0.633. The van der Waals surface area contributed by atoms with Crippen molar-refractivity contribution in [1.82, 2.24) is 24.1 Å². The van der Waals surface area contributed by atoms with Gasteiger partial charge in [-0.3, -0.25) is 0 Å². The van der Waals surface area contributed by atoms with Crippen molar-refractivity contribution in [3.8, 4) is 45.5 Å². The molecule has 0 aliphatic heterocycles. The molecule has 0 saturated heterocycles. The quantitative estimate of drug-likeness (QED) is 0.177. The van der Waals surface area contributed by atoms with Crippen molar-refractivity contribution in [2.45, 2.75) is 13.3 Å². The summed E-state index contributed by atoms with van der Waals surface area (Å²) in [5, 5.41) is 4.93. The van der Waals surface area contributed by atoms with Gasteiger partial charge in [-0.15, -0.1) is 0 Å². The van der Waals surface area contributed by atoms with E-state index in [-0.39, 0.29) is 0 Å². The lowest BCUT2D eigenvalue weighted by atomic mass is 10.1. The van der Waals surface area contributed by atoms with Crippen LogP contribution < -0.4 is 0 Å².